The van der Waals surface area contributed by atoms with Gasteiger partial charge in [0, 0.05) is 37.0 Å². The number of halogens is 1. The van der Waals surface area contributed by atoms with Crippen LogP contribution < -0.4 is 11.1 Å². The molecule has 3 N–H and O–H groups in total. The molecule has 2 atom stereocenters. The zero-order valence-electron chi connectivity index (χ0n) is 12.9. The molecule has 0 radical (unpaired) electrons. The summed E-state index contributed by atoms with van der Waals surface area (Å²) in [5, 5.41) is 2.82. The Kier molecular flexibility index (Phi) is 5.98. The molecule has 1 aromatic rings. The lowest BCUT2D eigenvalue weighted by Gasteiger charge is -2.16. The molecule has 1 aromatic carbocycles. The summed E-state index contributed by atoms with van der Waals surface area (Å²) in [6.45, 7) is 1.91. The van der Waals surface area contributed by atoms with Crippen LogP contribution in [0.2, 0.25) is 0 Å². The number of hydrogen-bond donors (Lipinski definition) is 2. The summed E-state index contributed by atoms with van der Waals surface area (Å²) < 4.78 is 5.36. The number of carbonyl (C=O) groups is 2. The molecule has 0 bridgehead atoms. The summed E-state index contributed by atoms with van der Waals surface area (Å²) in [5.41, 5.74) is 7.03. The van der Waals surface area contributed by atoms with E-state index in [1.54, 1.807) is 29.2 Å². The summed E-state index contributed by atoms with van der Waals surface area (Å²) in [5.74, 6) is -0.188. The van der Waals surface area contributed by atoms with Crippen LogP contribution in [0, 0.1) is 0 Å². The SMILES string of the molecule is Cl.N[C@@H]1CCN(C(=O)c2cccc(NC(=O)C3CCCO3)c2)C1. The predicted molar refractivity (Wildman–Crippen MR) is 89.8 cm³/mol. The van der Waals surface area contributed by atoms with Crippen LogP contribution in [0.4, 0.5) is 5.69 Å². The quantitative estimate of drug-likeness (QED) is 0.871. The molecular weight excluding hydrogens is 318 g/mol. The minimum absolute atomic E-state index is 0. The van der Waals surface area contributed by atoms with Crippen LogP contribution >= 0.6 is 12.4 Å². The van der Waals surface area contributed by atoms with E-state index in [1.165, 1.54) is 0 Å². The van der Waals surface area contributed by atoms with Crippen LogP contribution in [0.15, 0.2) is 24.3 Å². The molecule has 3 rings (SSSR count). The number of likely N-dealkylation sites (tertiary alicyclic amines) is 1. The molecule has 2 fully saturated rings. The molecule has 2 aliphatic heterocycles. The third-order valence-corrected chi connectivity index (χ3v) is 4.11. The van der Waals surface area contributed by atoms with Crippen LogP contribution in [0.3, 0.4) is 0 Å². The van der Waals surface area contributed by atoms with E-state index in [0.717, 1.165) is 19.3 Å². The minimum Gasteiger partial charge on any atom is -0.368 e. The molecule has 6 nitrogen and oxygen atoms in total. The highest BCUT2D eigenvalue weighted by Gasteiger charge is 2.26. The normalized spacial score (nSPS) is 23.4. The number of nitrogens with two attached hydrogens (primary N) is 1. The number of benzene rings is 1. The van der Waals surface area contributed by atoms with Gasteiger partial charge in [0.1, 0.15) is 6.10 Å². The summed E-state index contributed by atoms with van der Waals surface area (Å²) in [6.07, 6.45) is 2.11. The van der Waals surface area contributed by atoms with Gasteiger partial charge in [-0.2, -0.15) is 0 Å². The second-order valence-electron chi connectivity index (χ2n) is 5.87. The van der Waals surface area contributed by atoms with Crippen LogP contribution in [-0.2, 0) is 9.53 Å². The van der Waals surface area contributed by atoms with Crippen molar-refractivity contribution in [3.8, 4) is 0 Å². The van der Waals surface area contributed by atoms with Gasteiger partial charge in [0.05, 0.1) is 0 Å². The Balaban J connectivity index is 0.00000192. The first kappa shape index (κ1) is 17.7. The Labute approximate surface area is 141 Å². The van der Waals surface area contributed by atoms with E-state index in [-0.39, 0.29) is 36.4 Å². The second kappa shape index (κ2) is 7.77. The van der Waals surface area contributed by atoms with Crippen molar-refractivity contribution in [2.45, 2.75) is 31.4 Å². The van der Waals surface area contributed by atoms with Crippen LogP contribution in [-0.4, -0.2) is 48.6 Å². The van der Waals surface area contributed by atoms with Gasteiger partial charge in [0.25, 0.3) is 11.8 Å². The molecule has 23 heavy (non-hydrogen) atoms. The van der Waals surface area contributed by atoms with Gasteiger partial charge in [0.2, 0.25) is 0 Å². The van der Waals surface area contributed by atoms with Gasteiger partial charge in [-0.3, -0.25) is 9.59 Å². The molecule has 0 saturated carbocycles. The van der Waals surface area contributed by atoms with E-state index >= 15 is 0 Å². The Morgan fingerprint density at radius 3 is 2.78 bits per heavy atom. The third kappa shape index (κ3) is 4.22. The van der Waals surface area contributed by atoms with E-state index in [9.17, 15) is 9.59 Å². The van der Waals surface area contributed by atoms with Crippen LogP contribution in [0.25, 0.3) is 0 Å². The maximum atomic E-state index is 12.4. The van der Waals surface area contributed by atoms with E-state index in [1.807, 2.05) is 0 Å². The maximum absolute atomic E-state index is 12.4. The number of nitrogens with zero attached hydrogens (tertiary/aromatic N) is 1. The van der Waals surface area contributed by atoms with E-state index in [2.05, 4.69) is 5.32 Å². The minimum atomic E-state index is -0.379. The van der Waals surface area contributed by atoms with Gasteiger partial charge < -0.3 is 20.7 Å². The van der Waals surface area contributed by atoms with Gasteiger partial charge in [0.15, 0.2) is 0 Å². The highest BCUT2D eigenvalue weighted by molar-refractivity contribution is 5.98. The van der Waals surface area contributed by atoms with Gasteiger partial charge in [-0.1, -0.05) is 6.07 Å². The third-order valence-electron chi connectivity index (χ3n) is 4.11. The fourth-order valence-electron chi connectivity index (χ4n) is 2.89. The van der Waals surface area contributed by atoms with E-state index < -0.39 is 0 Å². The molecule has 126 valence electrons. The van der Waals surface area contributed by atoms with Crippen LogP contribution in [0.5, 0.6) is 0 Å². The van der Waals surface area contributed by atoms with Crippen molar-refractivity contribution in [2.24, 2.45) is 5.73 Å². The molecule has 1 unspecified atom stereocenters. The molecule has 2 aliphatic rings. The molecule has 2 amide bonds. The highest BCUT2D eigenvalue weighted by atomic mass is 35.5. The fraction of sp³-hybridized carbons (Fsp3) is 0.500. The molecule has 2 saturated heterocycles. The monoisotopic (exact) mass is 339 g/mol. The number of ether oxygens (including phenoxy) is 1. The van der Waals surface area contributed by atoms with Crippen molar-refractivity contribution in [3.05, 3.63) is 29.8 Å². The molecule has 0 aliphatic carbocycles. The molecular formula is C16H22ClN3O3. The Morgan fingerprint density at radius 2 is 2.13 bits per heavy atom. The first-order valence-corrected chi connectivity index (χ1v) is 7.71. The number of hydrogen-bond acceptors (Lipinski definition) is 4. The lowest BCUT2D eigenvalue weighted by molar-refractivity contribution is -0.124. The zero-order valence-corrected chi connectivity index (χ0v) is 13.7. The topological polar surface area (TPSA) is 84.7 Å². The highest BCUT2D eigenvalue weighted by Crippen LogP contribution is 2.18. The van der Waals surface area contributed by atoms with E-state index in [0.29, 0.717) is 30.9 Å². The Morgan fingerprint density at radius 1 is 1.30 bits per heavy atom. The fourth-order valence-corrected chi connectivity index (χ4v) is 2.89. The first-order valence-electron chi connectivity index (χ1n) is 7.71. The average Bonchev–Trinajstić information content (AvgIpc) is 3.18. The summed E-state index contributed by atoms with van der Waals surface area (Å²) in [6, 6.07) is 7.08. The van der Waals surface area contributed by atoms with Crippen molar-refractivity contribution in [3.63, 3.8) is 0 Å². The largest absolute Gasteiger partial charge is 0.368 e. The van der Waals surface area contributed by atoms with Crippen LogP contribution in [0.1, 0.15) is 29.6 Å². The lowest BCUT2D eigenvalue weighted by Crippen LogP contribution is -2.32. The summed E-state index contributed by atoms with van der Waals surface area (Å²) >= 11 is 0. The molecule has 0 aromatic heterocycles. The molecule has 0 spiro atoms. The number of nitrogens with one attached hydrogen (secondary N) is 1. The maximum Gasteiger partial charge on any atom is 0.253 e. The predicted octanol–water partition coefficient (Wildman–Crippen LogP) is 1.40. The second-order valence-corrected chi connectivity index (χ2v) is 5.87. The zero-order chi connectivity index (χ0) is 15.5. The Hall–Kier alpha value is -1.63. The van der Waals surface area contributed by atoms with Gasteiger partial charge in [-0.25, -0.2) is 0 Å². The molecule has 2 heterocycles. The smallest absolute Gasteiger partial charge is 0.253 e. The number of rotatable bonds is 3. The number of amides is 2. The van der Waals surface area contributed by atoms with Crippen molar-refractivity contribution in [1.29, 1.82) is 0 Å². The standard InChI is InChI=1S/C16H21N3O3.ClH/c17-12-6-7-19(10-12)16(21)11-3-1-4-13(9-11)18-15(20)14-5-2-8-22-14;/h1,3-4,9,12,14H,2,5-8,10,17H2,(H,18,20);1H/t12-,14?;/m1./s1. The van der Waals surface area contributed by atoms with Gasteiger partial charge in [-0.05, 0) is 37.5 Å². The van der Waals surface area contributed by atoms with Crippen molar-refractivity contribution < 1.29 is 14.3 Å². The Bertz CT molecular complexity index is 575. The summed E-state index contributed by atoms with van der Waals surface area (Å²) in [4.78, 5) is 26.2. The number of anilines is 1. The number of carbonyl (C=O) groups excluding carboxylic acids is 2. The van der Waals surface area contributed by atoms with Gasteiger partial charge >= 0.3 is 0 Å². The van der Waals surface area contributed by atoms with Crippen molar-refractivity contribution in [1.82, 2.24) is 4.90 Å². The van der Waals surface area contributed by atoms with Crippen molar-refractivity contribution in [2.75, 3.05) is 25.0 Å². The van der Waals surface area contributed by atoms with Crippen molar-refractivity contribution >= 4 is 29.9 Å². The van der Waals surface area contributed by atoms with Gasteiger partial charge in [-0.15, -0.1) is 12.4 Å². The van der Waals surface area contributed by atoms with E-state index in [4.69, 9.17) is 10.5 Å². The summed E-state index contributed by atoms with van der Waals surface area (Å²) in [7, 11) is 0. The average molecular weight is 340 g/mol. The molecule has 7 heteroatoms. The first-order chi connectivity index (χ1) is 10.6. The lowest BCUT2D eigenvalue weighted by atomic mass is 10.1.